The lowest BCUT2D eigenvalue weighted by atomic mass is 9.75. The maximum Gasteiger partial charge on any atom is 0.451 e. The molecule has 0 bridgehead atoms. The fourth-order valence-corrected chi connectivity index (χ4v) is 3.91. The lowest BCUT2D eigenvalue weighted by Gasteiger charge is -2.42. The average molecular weight is 537 g/mol. The number of piperidine rings is 1. The number of amides is 2. The molecule has 35 heavy (non-hydrogen) atoms. The summed E-state index contributed by atoms with van der Waals surface area (Å²) in [4.78, 5) is 37.6. The second-order valence-electron chi connectivity index (χ2n) is 8.55. The summed E-state index contributed by atoms with van der Waals surface area (Å²) >= 11 is 0. The summed E-state index contributed by atoms with van der Waals surface area (Å²) in [5.74, 6) is -1.94. The Kier molecular flexibility index (Phi) is 14.9. The number of aliphatic carboxylic acids is 1. The van der Waals surface area contributed by atoms with E-state index in [0.717, 1.165) is 5.56 Å². The number of carbonyl (C=O) groups excluding carboxylic acids is 2. The van der Waals surface area contributed by atoms with Crippen LogP contribution in [-0.2, 0) is 20.9 Å². The van der Waals surface area contributed by atoms with E-state index in [-0.39, 0.29) is 76.1 Å². The van der Waals surface area contributed by atoms with Crippen molar-refractivity contribution < 1.29 is 34.3 Å². The van der Waals surface area contributed by atoms with Gasteiger partial charge in [0, 0.05) is 19.6 Å². The number of benzene rings is 1. The van der Waals surface area contributed by atoms with Crippen molar-refractivity contribution in [3.63, 3.8) is 0 Å². The molecule has 0 aliphatic carbocycles. The lowest BCUT2D eigenvalue weighted by Crippen LogP contribution is -2.64. The highest BCUT2D eigenvalue weighted by molar-refractivity contribution is 6.40. The molecule has 1 aromatic rings. The molecule has 0 saturated carbocycles. The molecule has 14 heteroatoms. The number of nitrogens with one attached hydrogen (secondary N) is 1. The van der Waals surface area contributed by atoms with Gasteiger partial charge in [-0.2, -0.15) is 0 Å². The molecule has 0 radical (unpaired) electrons. The highest BCUT2D eigenvalue weighted by Gasteiger charge is 2.44. The molecule has 1 aliphatic heterocycles. The molecule has 1 saturated heterocycles. The van der Waals surface area contributed by atoms with Crippen LogP contribution in [0.15, 0.2) is 30.3 Å². The molecule has 0 unspecified atom stereocenters. The maximum atomic E-state index is 12.8. The van der Waals surface area contributed by atoms with Gasteiger partial charge in [-0.05, 0) is 37.1 Å². The van der Waals surface area contributed by atoms with E-state index in [4.69, 9.17) is 26.3 Å². The van der Waals surface area contributed by atoms with Gasteiger partial charge in [0.15, 0.2) is 0 Å². The summed E-state index contributed by atoms with van der Waals surface area (Å²) in [6.07, 6.45) is 0.632. The third-order valence-electron chi connectivity index (χ3n) is 5.67. The van der Waals surface area contributed by atoms with E-state index in [2.05, 4.69) is 5.32 Å². The van der Waals surface area contributed by atoms with Gasteiger partial charge in [0.25, 0.3) is 0 Å². The van der Waals surface area contributed by atoms with Crippen LogP contribution in [0.5, 0.6) is 0 Å². The summed E-state index contributed by atoms with van der Waals surface area (Å²) in [5.41, 5.74) is 11.3. The number of ether oxygens (including phenoxy) is 1. The second-order valence-corrected chi connectivity index (χ2v) is 8.55. The van der Waals surface area contributed by atoms with E-state index in [9.17, 15) is 19.5 Å². The Morgan fingerprint density at radius 1 is 1.23 bits per heavy atom. The number of likely N-dealkylation sites (tertiary alicyclic amines) is 1. The molecule has 2 rings (SSSR count). The Balaban J connectivity index is 0.00000578. The molecule has 8 N–H and O–H groups in total. The highest BCUT2D eigenvalue weighted by Crippen LogP contribution is 2.28. The van der Waals surface area contributed by atoms with Crippen molar-refractivity contribution in [1.82, 2.24) is 10.2 Å². The molecule has 0 spiro atoms. The summed E-state index contributed by atoms with van der Waals surface area (Å²) in [6.45, 7) is 0.493. The topological polar surface area (TPSA) is 188 Å². The Bertz CT molecular complexity index is 809. The number of nitrogens with zero attached hydrogens (tertiary/aromatic N) is 1. The van der Waals surface area contributed by atoms with Crippen molar-refractivity contribution in [2.45, 2.75) is 50.2 Å². The zero-order valence-corrected chi connectivity index (χ0v) is 21.0. The number of hydrogen-bond donors (Lipinski definition) is 6. The number of nitrogens with two attached hydrogens (primary N) is 2. The molecule has 1 heterocycles. The van der Waals surface area contributed by atoms with E-state index < -0.39 is 36.7 Å². The van der Waals surface area contributed by atoms with Gasteiger partial charge in [0.2, 0.25) is 5.91 Å². The SMILES string of the molecule is Cl.Cl.N[C@@H](CCCNC(=O)OCc1ccccc1)C(=O)N1C[C@@H](CCB(O)O)C[C@](N)(C(=O)O)C1. The van der Waals surface area contributed by atoms with Crippen LogP contribution >= 0.6 is 24.8 Å². The van der Waals surface area contributed by atoms with Gasteiger partial charge < -0.3 is 41.6 Å². The van der Waals surface area contributed by atoms with E-state index in [1.807, 2.05) is 30.3 Å². The molecule has 11 nitrogen and oxygen atoms in total. The van der Waals surface area contributed by atoms with Crippen LogP contribution in [0.2, 0.25) is 6.32 Å². The van der Waals surface area contributed by atoms with Gasteiger partial charge >= 0.3 is 19.2 Å². The number of halogens is 2. The van der Waals surface area contributed by atoms with E-state index in [0.29, 0.717) is 12.8 Å². The van der Waals surface area contributed by atoms with Crippen molar-refractivity contribution in [2.75, 3.05) is 19.6 Å². The molecule has 198 valence electrons. The van der Waals surface area contributed by atoms with Gasteiger partial charge in [-0.3, -0.25) is 9.59 Å². The molecule has 1 fully saturated rings. The Morgan fingerprint density at radius 2 is 1.89 bits per heavy atom. The van der Waals surface area contributed by atoms with Crippen molar-refractivity contribution in [3.8, 4) is 0 Å². The fraction of sp³-hybridized carbons (Fsp3) is 0.571. The molecule has 1 aromatic carbocycles. The van der Waals surface area contributed by atoms with Gasteiger partial charge in [0.05, 0.1) is 6.04 Å². The second kappa shape index (κ2) is 15.8. The first-order valence-electron chi connectivity index (χ1n) is 11.0. The van der Waals surface area contributed by atoms with Crippen molar-refractivity contribution in [2.24, 2.45) is 17.4 Å². The van der Waals surface area contributed by atoms with Crippen LogP contribution in [0.3, 0.4) is 0 Å². The van der Waals surface area contributed by atoms with Crippen LogP contribution in [0.1, 0.15) is 31.2 Å². The summed E-state index contributed by atoms with van der Waals surface area (Å²) < 4.78 is 5.11. The number of alkyl carbamates (subject to hydrolysis) is 1. The van der Waals surface area contributed by atoms with E-state index >= 15 is 0 Å². The predicted octanol–water partition coefficient (Wildman–Crippen LogP) is 0.357. The van der Waals surface area contributed by atoms with Gasteiger partial charge in [-0.1, -0.05) is 36.8 Å². The van der Waals surface area contributed by atoms with Gasteiger partial charge in [-0.15, -0.1) is 24.8 Å². The Morgan fingerprint density at radius 3 is 2.49 bits per heavy atom. The lowest BCUT2D eigenvalue weighted by molar-refractivity contribution is -0.149. The van der Waals surface area contributed by atoms with Crippen molar-refractivity contribution >= 4 is 49.9 Å². The first-order valence-corrected chi connectivity index (χ1v) is 11.0. The summed E-state index contributed by atoms with van der Waals surface area (Å²) in [7, 11) is -1.51. The molecule has 2 amide bonds. The summed E-state index contributed by atoms with van der Waals surface area (Å²) in [6, 6.07) is 8.37. The van der Waals surface area contributed by atoms with Crippen LogP contribution in [0.4, 0.5) is 4.79 Å². The quantitative estimate of drug-likeness (QED) is 0.171. The molecular formula is C21H35BCl2N4O7. The smallest absolute Gasteiger partial charge is 0.451 e. The number of rotatable bonds is 11. The van der Waals surface area contributed by atoms with Gasteiger partial charge in [-0.25, -0.2) is 4.79 Å². The largest absolute Gasteiger partial charge is 0.480 e. The minimum absolute atomic E-state index is 0. The number of carboxylic acid groups (broad SMARTS) is 1. The Hall–Kier alpha value is -2.09. The van der Waals surface area contributed by atoms with Crippen molar-refractivity contribution in [3.05, 3.63) is 35.9 Å². The zero-order chi connectivity index (χ0) is 24.4. The average Bonchev–Trinajstić information content (AvgIpc) is 2.78. The minimum atomic E-state index is -1.62. The zero-order valence-electron chi connectivity index (χ0n) is 19.4. The highest BCUT2D eigenvalue weighted by atomic mass is 35.5. The first kappa shape index (κ1) is 32.9. The third kappa shape index (κ3) is 11.0. The van der Waals surface area contributed by atoms with Crippen LogP contribution < -0.4 is 16.8 Å². The normalized spacial score (nSPS) is 20.0. The molecule has 1 aliphatic rings. The van der Waals surface area contributed by atoms with E-state index in [1.165, 1.54) is 4.90 Å². The first-order chi connectivity index (χ1) is 15.6. The molecule has 3 atom stereocenters. The summed E-state index contributed by atoms with van der Waals surface area (Å²) in [5, 5.41) is 30.3. The van der Waals surface area contributed by atoms with Crippen LogP contribution in [0.25, 0.3) is 0 Å². The number of hydrogen-bond acceptors (Lipinski definition) is 8. The predicted molar refractivity (Wildman–Crippen MR) is 135 cm³/mol. The van der Waals surface area contributed by atoms with Gasteiger partial charge in [0.1, 0.15) is 12.1 Å². The van der Waals surface area contributed by atoms with Crippen LogP contribution in [0, 0.1) is 5.92 Å². The molecular weight excluding hydrogens is 502 g/mol. The molecule has 0 aromatic heterocycles. The maximum absolute atomic E-state index is 12.8. The Labute approximate surface area is 217 Å². The standard InChI is InChI=1S/C21H33BN4O7.2ClH/c23-17(7-4-10-25-20(30)33-13-15-5-2-1-3-6-15)18(27)26-12-16(8-9-22(31)32)11-21(24,14-26)19(28)29;;/h1-3,5-6,16-17,31-32H,4,7-14,23-24H2,(H,25,30)(H,28,29);2*1H/t16-,17-,21+;;/m0../s1. The number of carbonyl (C=O) groups is 3. The fourth-order valence-electron chi connectivity index (χ4n) is 3.91. The van der Waals surface area contributed by atoms with Crippen LogP contribution in [-0.4, -0.2) is 76.4 Å². The third-order valence-corrected chi connectivity index (χ3v) is 5.67. The minimum Gasteiger partial charge on any atom is -0.480 e. The monoisotopic (exact) mass is 536 g/mol. The van der Waals surface area contributed by atoms with E-state index in [1.54, 1.807) is 0 Å². The number of carboxylic acids is 1. The van der Waals surface area contributed by atoms with Crippen molar-refractivity contribution in [1.29, 1.82) is 0 Å².